The van der Waals surface area contributed by atoms with Crippen molar-refractivity contribution in [3.8, 4) is 0 Å². The lowest BCUT2D eigenvalue weighted by molar-refractivity contribution is -0.156. The Kier molecular flexibility index (Phi) is 5.36. The summed E-state index contributed by atoms with van der Waals surface area (Å²) in [6.07, 6.45) is 8.56. The fourth-order valence-corrected chi connectivity index (χ4v) is 5.02. The quantitative estimate of drug-likeness (QED) is 0.742. The molecule has 152 valence electrons. The molecule has 2 aliphatic heterocycles. The van der Waals surface area contributed by atoms with Crippen molar-refractivity contribution >= 4 is 17.8 Å². The van der Waals surface area contributed by atoms with Gasteiger partial charge in [-0.15, -0.1) is 0 Å². The zero-order valence-corrected chi connectivity index (χ0v) is 17.0. The predicted octanol–water partition coefficient (Wildman–Crippen LogP) is 2.08. The first-order valence-electron chi connectivity index (χ1n) is 10.5. The van der Waals surface area contributed by atoms with Gasteiger partial charge in [-0.05, 0) is 37.2 Å². The number of piperazine rings is 1. The van der Waals surface area contributed by atoms with Gasteiger partial charge in [-0.3, -0.25) is 19.4 Å². The van der Waals surface area contributed by atoms with Crippen LogP contribution in [0.1, 0.15) is 52.4 Å². The van der Waals surface area contributed by atoms with Gasteiger partial charge >= 0.3 is 0 Å². The molecule has 0 spiro atoms. The smallest absolute Gasteiger partial charge is 0.229 e. The minimum Gasteiger partial charge on any atom is -0.338 e. The van der Waals surface area contributed by atoms with Crippen molar-refractivity contribution in [1.29, 1.82) is 0 Å². The van der Waals surface area contributed by atoms with E-state index in [-0.39, 0.29) is 23.3 Å². The minimum absolute atomic E-state index is 0.0289. The van der Waals surface area contributed by atoms with E-state index in [0.717, 1.165) is 57.8 Å². The number of likely N-dealkylation sites (tertiary alicyclic amines) is 1. The number of anilines is 1. The second-order valence-corrected chi connectivity index (χ2v) is 9.21. The predicted molar refractivity (Wildman–Crippen MR) is 107 cm³/mol. The van der Waals surface area contributed by atoms with Crippen LogP contribution in [0.2, 0.25) is 0 Å². The standard InChI is InChI=1S/C21H31N5O2/c1-21(2)14-18(27)26(19(28)15-21)17-6-4-16(5-7-17)24-10-12-25(13-11-24)20-22-8-3-9-23-20/h3,8-9,16-17H,4-7,10-15H2,1-2H3. The highest BCUT2D eigenvalue weighted by atomic mass is 16.2. The van der Waals surface area contributed by atoms with E-state index in [2.05, 4.69) is 19.8 Å². The summed E-state index contributed by atoms with van der Waals surface area (Å²) < 4.78 is 0. The summed E-state index contributed by atoms with van der Waals surface area (Å²) >= 11 is 0. The fourth-order valence-electron chi connectivity index (χ4n) is 5.02. The third kappa shape index (κ3) is 4.04. The van der Waals surface area contributed by atoms with Crippen molar-refractivity contribution in [2.75, 3.05) is 31.1 Å². The highest BCUT2D eigenvalue weighted by molar-refractivity contribution is 5.98. The molecule has 1 aromatic rings. The van der Waals surface area contributed by atoms with Crippen molar-refractivity contribution in [3.63, 3.8) is 0 Å². The van der Waals surface area contributed by atoms with Crippen LogP contribution in [0.4, 0.5) is 5.95 Å². The Hall–Kier alpha value is -2.02. The molecule has 0 bridgehead atoms. The SMILES string of the molecule is CC1(C)CC(=O)N(C2CCC(N3CCN(c4ncccn4)CC3)CC2)C(=O)C1. The zero-order chi connectivity index (χ0) is 19.7. The Morgan fingerprint density at radius 3 is 1.96 bits per heavy atom. The third-order valence-corrected chi connectivity index (χ3v) is 6.49. The number of amides is 2. The second kappa shape index (κ2) is 7.78. The molecule has 0 aromatic carbocycles. The zero-order valence-electron chi connectivity index (χ0n) is 17.0. The van der Waals surface area contributed by atoms with Crippen LogP contribution in [0.25, 0.3) is 0 Å². The molecule has 0 unspecified atom stereocenters. The van der Waals surface area contributed by atoms with Gasteiger partial charge in [0, 0.05) is 63.5 Å². The summed E-state index contributed by atoms with van der Waals surface area (Å²) in [7, 11) is 0. The molecule has 3 heterocycles. The lowest BCUT2D eigenvalue weighted by Gasteiger charge is -2.45. The van der Waals surface area contributed by atoms with Gasteiger partial charge in [0.15, 0.2) is 0 Å². The van der Waals surface area contributed by atoms with Crippen LogP contribution in [0.3, 0.4) is 0 Å². The van der Waals surface area contributed by atoms with Crippen molar-refractivity contribution < 1.29 is 9.59 Å². The fraction of sp³-hybridized carbons (Fsp3) is 0.714. The van der Waals surface area contributed by atoms with Gasteiger partial charge in [0.1, 0.15) is 0 Å². The molecule has 1 aromatic heterocycles. The Bertz CT molecular complexity index is 687. The molecule has 1 saturated carbocycles. The van der Waals surface area contributed by atoms with E-state index in [1.807, 2.05) is 19.9 Å². The van der Waals surface area contributed by atoms with Gasteiger partial charge in [-0.25, -0.2) is 9.97 Å². The summed E-state index contributed by atoms with van der Waals surface area (Å²) in [5, 5.41) is 0. The lowest BCUT2D eigenvalue weighted by Crippen LogP contribution is -2.55. The maximum absolute atomic E-state index is 12.6. The summed E-state index contributed by atoms with van der Waals surface area (Å²) in [6.45, 7) is 7.95. The number of nitrogens with zero attached hydrogens (tertiary/aromatic N) is 5. The molecule has 0 atom stereocenters. The molecule has 3 fully saturated rings. The lowest BCUT2D eigenvalue weighted by atomic mass is 9.80. The molecule has 0 radical (unpaired) electrons. The Morgan fingerprint density at radius 2 is 1.39 bits per heavy atom. The van der Waals surface area contributed by atoms with E-state index >= 15 is 0 Å². The van der Waals surface area contributed by atoms with Gasteiger partial charge in [0.2, 0.25) is 17.8 Å². The summed E-state index contributed by atoms with van der Waals surface area (Å²) in [5.41, 5.74) is -0.190. The first-order chi connectivity index (χ1) is 13.4. The van der Waals surface area contributed by atoms with E-state index < -0.39 is 0 Å². The van der Waals surface area contributed by atoms with Gasteiger partial charge < -0.3 is 4.90 Å². The largest absolute Gasteiger partial charge is 0.338 e. The Morgan fingerprint density at radius 1 is 0.857 bits per heavy atom. The number of carbonyl (C=O) groups excluding carboxylic acids is 2. The number of aromatic nitrogens is 2. The average Bonchev–Trinajstić information content (AvgIpc) is 2.68. The number of hydrogen-bond acceptors (Lipinski definition) is 6. The first-order valence-corrected chi connectivity index (χ1v) is 10.5. The minimum atomic E-state index is -0.190. The van der Waals surface area contributed by atoms with Gasteiger partial charge in [-0.1, -0.05) is 13.8 Å². The molecular weight excluding hydrogens is 354 g/mol. The van der Waals surface area contributed by atoms with Gasteiger partial charge in [0.05, 0.1) is 0 Å². The number of piperidine rings is 1. The maximum atomic E-state index is 12.6. The monoisotopic (exact) mass is 385 g/mol. The second-order valence-electron chi connectivity index (χ2n) is 9.21. The van der Waals surface area contributed by atoms with E-state index in [1.165, 1.54) is 0 Å². The Balaban J connectivity index is 1.28. The van der Waals surface area contributed by atoms with Crippen molar-refractivity contribution in [3.05, 3.63) is 18.5 Å². The van der Waals surface area contributed by atoms with Crippen LogP contribution in [0.5, 0.6) is 0 Å². The van der Waals surface area contributed by atoms with Crippen LogP contribution >= 0.6 is 0 Å². The highest BCUT2D eigenvalue weighted by Gasteiger charge is 2.42. The molecule has 7 nitrogen and oxygen atoms in total. The molecule has 0 N–H and O–H groups in total. The summed E-state index contributed by atoms with van der Waals surface area (Å²) in [5.74, 6) is 0.873. The normalized spacial score (nSPS) is 29.2. The van der Waals surface area contributed by atoms with Crippen LogP contribution in [-0.4, -0.2) is 69.8 Å². The molecular formula is C21H31N5O2. The molecule has 28 heavy (non-hydrogen) atoms. The number of imide groups is 1. The molecule has 1 aliphatic carbocycles. The summed E-state index contributed by atoms with van der Waals surface area (Å²) in [4.78, 5) is 40.2. The van der Waals surface area contributed by atoms with E-state index in [0.29, 0.717) is 18.9 Å². The van der Waals surface area contributed by atoms with E-state index in [1.54, 1.807) is 17.3 Å². The van der Waals surface area contributed by atoms with Crippen molar-refractivity contribution in [2.45, 2.75) is 64.5 Å². The molecule has 2 saturated heterocycles. The van der Waals surface area contributed by atoms with Gasteiger partial charge in [0.25, 0.3) is 0 Å². The maximum Gasteiger partial charge on any atom is 0.229 e. The number of hydrogen-bond donors (Lipinski definition) is 0. The average molecular weight is 386 g/mol. The van der Waals surface area contributed by atoms with Crippen molar-refractivity contribution in [1.82, 2.24) is 19.8 Å². The summed E-state index contributed by atoms with van der Waals surface area (Å²) in [6, 6.07) is 2.50. The van der Waals surface area contributed by atoms with Crippen LogP contribution < -0.4 is 4.90 Å². The topological polar surface area (TPSA) is 69.6 Å². The first kappa shape index (κ1) is 19.3. The van der Waals surface area contributed by atoms with Crippen molar-refractivity contribution in [2.24, 2.45) is 5.41 Å². The third-order valence-electron chi connectivity index (χ3n) is 6.49. The van der Waals surface area contributed by atoms with E-state index in [9.17, 15) is 9.59 Å². The molecule has 2 amide bonds. The molecule has 7 heteroatoms. The van der Waals surface area contributed by atoms with Crippen LogP contribution in [0, 0.1) is 5.41 Å². The van der Waals surface area contributed by atoms with Gasteiger partial charge in [-0.2, -0.15) is 0 Å². The molecule has 3 aliphatic rings. The molecule has 4 rings (SSSR count). The Labute approximate surface area is 167 Å². The number of rotatable bonds is 3. The highest BCUT2D eigenvalue weighted by Crippen LogP contribution is 2.36. The van der Waals surface area contributed by atoms with Crippen LogP contribution in [-0.2, 0) is 9.59 Å². The van der Waals surface area contributed by atoms with Crippen LogP contribution in [0.15, 0.2) is 18.5 Å². The number of carbonyl (C=O) groups is 2. The van der Waals surface area contributed by atoms with E-state index in [4.69, 9.17) is 0 Å².